The fourth-order valence-corrected chi connectivity index (χ4v) is 1.75. The Hall–Kier alpha value is -2.50. The second kappa shape index (κ2) is 6.10. The lowest BCUT2D eigenvalue weighted by Crippen LogP contribution is -2.14. The molecule has 0 amide bonds. The molecule has 1 N–H and O–H groups in total. The molecule has 2 aromatic heterocycles. The Morgan fingerprint density at radius 2 is 2.15 bits per heavy atom. The van der Waals surface area contributed by atoms with Crippen molar-refractivity contribution in [2.45, 2.75) is 19.9 Å². The zero-order chi connectivity index (χ0) is 14.5. The molecule has 2 aromatic rings. The second-order valence-corrected chi connectivity index (χ2v) is 4.33. The van der Waals surface area contributed by atoms with Crippen molar-refractivity contribution in [3.63, 3.8) is 0 Å². The average molecular weight is 272 g/mol. The summed E-state index contributed by atoms with van der Waals surface area (Å²) < 4.78 is 4.63. The highest BCUT2D eigenvalue weighted by atomic mass is 16.5. The van der Waals surface area contributed by atoms with E-state index >= 15 is 0 Å². The molecule has 0 aliphatic carbocycles. The molecule has 1 atom stereocenters. The summed E-state index contributed by atoms with van der Waals surface area (Å²) in [6, 6.07) is 7.45. The van der Waals surface area contributed by atoms with Gasteiger partial charge in [0.15, 0.2) is 0 Å². The summed E-state index contributed by atoms with van der Waals surface area (Å²) in [4.78, 5) is 23.9. The number of esters is 1. The standard InChI is InChI=1S/C14H16N4O2/c1-9-8-12(18-13(16-9)14(19)20-3)17-10(2)11-6-4-5-7-15-11/h4-8,10H,1-3H3,(H,16,17,18). The molecule has 6 nitrogen and oxygen atoms in total. The van der Waals surface area contributed by atoms with Gasteiger partial charge >= 0.3 is 5.97 Å². The van der Waals surface area contributed by atoms with Crippen molar-refractivity contribution < 1.29 is 9.53 Å². The quantitative estimate of drug-likeness (QED) is 0.859. The molecule has 0 aliphatic rings. The lowest BCUT2D eigenvalue weighted by molar-refractivity contribution is 0.0586. The third-order valence-electron chi connectivity index (χ3n) is 2.72. The first-order valence-corrected chi connectivity index (χ1v) is 6.21. The van der Waals surface area contributed by atoms with Crippen molar-refractivity contribution >= 4 is 11.8 Å². The summed E-state index contributed by atoms with van der Waals surface area (Å²) in [6.07, 6.45) is 1.73. The molecule has 0 spiro atoms. The zero-order valence-electron chi connectivity index (χ0n) is 11.6. The minimum absolute atomic E-state index is 0.0315. The smallest absolute Gasteiger partial charge is 0.376 e. The maximum Gasteiger partial charge on any atom is 0.376 e. The summed E-state index contributed by atoms with van der Waals surface area (Å²) in [6.45, 7) is 3.77. The molecule has 2 rings (SSSR count). The number of nitrogens with zero attached hydrogens (tertiary/aromatic N) is 3. The van der Waals surface area contributed by atoms with E-state index in [0.717, 1.165) is 5.69 Å². The Bertz CT molecular complexity index is 601. The molecular formula is C14H16N4O2. The van der Waals surface area contributed by atoms with Gasteiger partial charge in [0.25, 0.3) is 0 Å². The van der Waals surface area contributed by atoms with E-state index in [1.54, 1.807) is 19.2 Å². The minimum atomic E-state index is -0.553. The number of carbonyl (C=O) groups is 1. The third kappa shape index (κ3) is 3.28. The minimum Gasteiger partial charge on any atom is -0.463 e. The number of hydrogen-bond acceptors (Lipinski definition) is 6. The van der Waals surface area contributed by atoms with Crippen molar-refractivity contribution in [1.82, 2.24) is 15.0 Å². The Balaban J connectivity index is 2.21. The summed E-state index contributed by atoms with van der Waals surface area (Å²) in [5, 5.41) is 3.20. The Kier molecular flexibility index (Phi) is 4.24. The number of aromatic nitrogens is 3. The lowest BCUT2D eigenvalue weighted by Gasteiger charge is -2.14. The number of hydrogen-bond donors (Lipinski definition) is 1. The Labute approximate surface area is 117 Å². The van der Waals surface area contributed by atoms with Gasteiger partial charge in [-0.3, -0.25) is 4.98 Å². The van der Waals surface area contributed by atoms with Crippen LogP contribution in [0.25, 0.3) is 0 Å². The second-order valence-electron chi connectivity index (χ2n) is 4.33. The van der Waals surface area contributed by atoms with Crippen molar-refractivity contribution in [2.75, 3.05) is 12.4 Å². The third-order valence-corrected chi connectivity index (χ3v) is 2.72. The van der Waals surface area contributed by atoms with Gasteiger partial charge in [0.05, 0.1) is 18.8 Å². The van der Waals surface area contributed by atoms with Crippen molar-refractivity contribution in [3.05, 3.63) is 47.7 Å². The lowest BCUT2D eigenvalue weighted by atomic mass is 10.2. The van der Waals surface area contributed by atoms with Gasteiger partial charge in [0.2, 0.25) is 5.82 Å². The fraction of sp³-hybridized carbons (Fsp3) is 0.286. The van der Waals surface area contributed by atoms with E-state index < -0.39 is 5.97 Å². The summed E-state index contributed by atoms with van der Waals surface area (Å²) >= 11 is 0. The first-order valence-electron chi connectivity index (χ1n) is 6.21. The Morgan fingerprint density at radius 1 is 1.35 bits per heavy atom. The fourth-order valence-electron chi connectivity index (χ4n) is 1.75. The van der Waals surface area contributed by atoms with Crippen LogP contribution in [0.3, 0.4) is 0 Å². The summed E-state index contributed by atoms with van der Waals surface area (Å²) in [5.74, 6) is 0.0570. The number of nitrogens with one attached hydrogen (secondary N) is 1. The molecule has 1 unspecified atom stereocenters. The van der Waals surface area contributed by atoms with E-state index in [0.29, 0.717) is 11.5 Å². The number of rotatable bonds is 4. The van der Waals surface area contributed by atoms with Crippen molar-refractivity contribution in [1.29, 1.82) is 0 Å². The normalized spacial score (nSPS) is 11.8. The van der Waals surface area contributed by atoms with Gasteiger partial charge in [-0.15, -0.1) is 0 Å². The molecule has 0 radical (unpaired) electrons. The highest BCUT2D eigenvalue weighted by Crippen LogP contribution is 2.16. The first-order chi connectivity index (χ1) is 9.60. The van der Waals surface area contributed by atoms with E-state index in [9.17, 15) is 4.79 Å². The van der Waals surface area contributed by atoms with Crippen LogP contribution in [0.1, 0.15) is 35.0 Å². The van der Waals surface area contributed by atoms with Crippen LogP contribution >= 0.6 is 0 Å². The number of ether oxygens (including phenoxy) is 1. The van der Waals surface area contributed by atoms with Crippen LogP contribution in [0.2, 0.25) is 0 Å². The zero-order valence-corrected chi connectivity index (χ0v) is 11.6. The molecule has 2 heterocycles. The van der Waals surface area contributed by atoms with Gasteiger partial charge in [-0.05, 0) is 26.0 Å². The predicted octanol–water partition coefficient (Wildman–Crippen LogP) is 2.14. The summed E-state index contributed by atoms with van der Waals surface area (Å²) in [5.41, 5.74) is 1.58. The van der Waals surface area contributed by atoms with Gasteiger partial charge in [-0.2, -0.15) is 0 Å². The molecule has 0 aliphatic heterocycles. The van der Waals surface area contributed by atoms with Gasteiger partial charge in [-0.25, -0.2) is 14.8 Å². The molecule has 20 heavy (non-hydrogen) atoms. The number of aryl methyl sites for hydroxylation is 1. The average Bonchev–Trinajstić information content (AvgIpc) is 2.46. The monoisotopic (exact) mass is 272 g/mol. The molecule has 104 valence electrons. The molecule has 0 saturated carbocycles. The van der Waals surface area contributed by atoms with Crippen LogP contribution in [0, 0.1) is 6.92 Å². The van der Waals surface area contributed by atoms with Gasteiger partial charge in [0.1, 0.15) is 5.82 Å². The first kappa shape index (κ1) is 13.9. The van der Waals surface area contributed by atoms with Gasteiger partial charge in [-0.1, -0.05) is 6.07 Å². The predicted molar refractivity (Wildman–Crippen MR) is 74.4 cm³/mol. The highest BCUT2D eigenvalue weighted by Gasteiger charge is 2.13. The molecule has 0 saturated heterocycles. The SMILES string of the molecule is COC(=O)c1nc(C)cc(NC(C)c2ccccn2)n1. The van der Waals surface area contributed by atoms with E-state index in [-0.39, 0.29) is 11.9 Å². The highest BCUT2D eigenvalue weighted by molar-refractivity contribution is 5.85. The van der Waals surface area contributed by atoms with E-state index in [1.165, 1.54) is 7.11 Å². The molecule has 6 heteroatoms. The number of carbonyl (C=O) groups excluding carboxylic acids is 1. The number of anilines is 1. The van der Waals surface area contributed by atoms with Crippen LogP contribution in [-0.4, -0.2) is 28.0 Å². The number of methoxy groups -OCH3 is 1. The molecule has 0 aromatic carbocycles. The van der Waals surface area contributed by atoms with E-state index in [4.69, 9.17) is 0 Å². The van der Waals surface area contributed by atoms with Crippen LogP contribution in [0.4, 0.5) is 5.82 Å². The Morgan fingerprint density at radius 3 is 2.80 bits per heavy atom. The molecular weight excluding hydrogens is 256 g/mol. The molecule has 0 bridgehead atoms. The number of pyridine rings is 1. The van der Waals surface area contributed by atoms with Gasteiger partial charge < -0.3 is 10.1 Å². The van der Waals surface area contributed by atoms with Crippen molar-refractivity contribution in [2.24, 2.45) is 0 Å². The maximum atomic E-state index is 11.5. The van der Waals surface area contributed by atoms with E-state index in [1.807, 2.05) is 25.1 Å². The molecule has 0 fully saturated rings. The van der Waals surface area contributed by atoms with Gasteiger partial charge in [0, 0.05) is 18.0 Å². The van der Waals surface area contributed by atoms with Crippen LogP contribution in [0.15, 0.2) is 30.5 Å². The van der Waals surface area contributed by atoms with Crippen LogP contribution in [0.5, 0.6) is 0 Å². The van der Waals surface area contributed by atoms with Crippen LogP contribution in [-0.2, 0) is 4.74 Å². The maximum absolute atomic E-state index is 11.5. The summed E-state index contributed by atoms with van der Waals surface area (Å²) in [7, 11) is 1.30. The van der Waals surface area contributed by atoms with Crippen molar-refractivity contribution in [3.8, 4) is 0 Å². The van der Waals surface area contributed by atoms with Crippen LogP contribution < -0.4 is 5.32 Å². The topological polar surface area (TPSA) is 77.0 Å². The van der Waals surface area contributed by atoms with E-state index in [2.05, 4.69) is 25.0 Å². The largest absolute Gasteiger partial charge is 0.463 e.